The molecule has 0 aromatic carbocycles. The van der Waals surface area contributed by atoms with Crippen molar-refractivity contribution in [2.75, 3.05) is 32.9 Å². The van der Waals surface area contributed by atoms with Crippen molar-refractivity contribution in [2.24, 2.45) is 0 Å². The second kappa shape index (κ2) is 9.96. The van der Waals surface area contributed by atoms with Crippen LogP contribution in [-0.4, -0.2) is 39.0 Å². The molecule has 0 aromatic heterocycles. The molecule has 0 aliphatic heterocycles. The highest BCUT2D eigenvalue weighted by molar-refractivity contribution is 4.58. The molecule has 0 fully saturated rings. The van der Waals surface area contributed by atoms with E-state index in [0.717, 1.165) is 26.1 Å². The van der Waals surface area contributed by atoms with Crippen molar-refractivity contribution in [1.29, 1.82) is 0 Å². The van der Waals surface area contributed by atoms with E-state index in [2.05, 4.69) is 19.2 Å². The van der Waals surface area contributed by atoms with E-state index in [0.29, 0.717) is 19.3 Å². The molecular weight excluding hydrogens is 166 g/mol. The van der Waals surface area contributed by atoms with Gasteiger partial charge in [-0.15, -0.1) is 0 Å². The second-order valence-corrected chi connectivity index (χ2v) is 2.91. The summed E-state index contributed by atoms with van der Waals surface area (Å²) in [6.07, 6.45) is 1.39. The Kier molecular flexibility index (Phi) is 9.87. The quantitative estimate of drug-likeness (QED) is 0.557. The number of ether oxygens (including phenoxy) is 2. The number of hydrogen-bond donors (Lipinski definition) is 1. The van der Waals surface area contributed by atoms with Crippen LogP contribution in [0.25, 0.3) is 0 Å². The molecular formula is C10H23NO2. The number of nitrogens with one attached hydrogen (secondary N) is 1. The molecule has 1 N–H and O–H groups in total. The molecule has 0 aliphatic rings. The molecule has 0 saturated heterocycles. The molecule has 0 radical (unpaired) electrons. The zero-order valence-corrected chi connectivity index (χ0v) is 9.14. The Balaban J connectivity index is 3.25. The Labute approximate surface area is 81.8 Å². The molecule has 13 heavy (non-hydrogen) atoms. The zero-order chi connectivity index (χ0) is 9.94. The van der Waals surface area contributed by atoms with Crippen LogP contribution in [0.4, 0.5) is 0 Å². The predicted molar refractivity (Wildman–Crippen MR) is 55.1 cm³/mol. The monoisotopic (exact) mass is 189 g/mol. The van der Waals surface area contributed by atoms with E-state index in [1.807, 2.05) is 6.92 Å². The van der Waals surface area contributed by atoms with Crippen LogP contribution in [0.15, 0.2) is 0 Å². The molecule has 0 aliphatic carbocycles. The fourth-order valence-electron chi connectivity index (χ4n) is 1.04. The Morgan fingerprint density at radius 3 is 2.46 bits per heavy atom. The SMILES string of the molecule is CCNCC(CC)OCCOCC. The lowest BCUT2D eigenvalue weighted by Crippen LogP contribution is -2.29. The summed E-state index contributed by atoms with van der Waals surface area (Å²) in [5.74, 6) is 0. The first kappa shape index (κ1) is 12.9. The highest BCUT2D eigenvalue weighted by Crippen LogP contribution is 1.95. The molecule has 0 heterocycles. The molecule has 1 atom stereocenters. The minimum atomic E-state index is 0.334. The van der Waals surface area contributed by atoms with Gasteiger partial charge < -0.3 is 14.8 Å². The first-order chi connectivity index (χ1) is 6.35. The second-order valence-electron chi connectivity index (χ2n) is 2.91. The van der Waals surface area contributed by atoms with Gasteiger partial charge in [-0.2, -0.15) is 0 Å². The van der Waals surface area contributed by atoms with Gasteiger partial charge in [0.1, 0.15) is 0 Å². The van der Waals surface area contributed by atoms with Gasteiger partial charge in [0.05, 0.1) is 19.3 Å². The van der Waals surface area contributed by atoms with E-state index in [4.69, 9.17) is 9.47 Å². The number of rotatable bonds is 9. The Hall–Kier alpha value is -0.120. The van der Waals surface area contributed by atoms with Crippen molar-refractivity contribution in [3.8, 4) is 0 Å². The third-order valence-corrected chi connectivity index (χ3v) is 1.86. The van der Waals surface area contributed by atoms with Crippen molar-refractivity contribution < 1.29 is 9.47 Å². The van der Waals surface area contributed by atoms with E-state index < -0.39 is 0 Å². The molecule has 3 heteroatoms. The summed E-state index contributed by atoms with van der Waals surface area (Å²) < 4.78 is 10.8. The van der Waals surface area contributed by atoms with Gasteiger partial charge in [-0.3, -0.25) is 0 Å². The van der Waals surface area contributed by atoms with Crippen LogP contribution in [0.5, 0.6) is 0 Å². The topological polar surface area (TPSA) is 30.5 Å². The van der Waals surface area contributed by atoms with Crippen molar-refractivity contribution in [2.45, 2.75) is 33.3 Å². The molecule has 0 rings (SSSR count). The molecule has 0 saturated carbocycles. The minimum absolute atomic E-state index is 0.334. The largest absolute Gasteiger partial charge is 0.379 e. The van der Waals surface area contributed by atoms with Gasteiger partial charge in [-0.05, 0) is 19.9 Å². The summed E-state index contributed by atoms with van der Waals surface area (Å²) in [6.45, 7) is 10.4. The third-order valence-electron chi connectivity index (χ3n) is 1.86. The molecule has 0 spiro atoms. The van der Waals surface area contributed by atoms with E-state index in [-0.39, 0.29) is 0 Å². The molecule has 3 nitrogen and oxygen atoms in total. The Morgan fingerprint density at radius 1 is 1.15 bits per heavy atom. The predicted octanol–water partition coefficient (Wildman–Crippen LogP) is 1.43. The number of hydrogen-bond acceptors (Lipinski definition) is 3. The van der Waals surface area contributed by atoms with Gasteiger partial charge in [-0.1, -0.05) is 13.8 Å². The Bertz CT molecular complexity index is 98.9. The van der Waals surface area contributed by atoms with Crippen LogP contribution in [0.3, 0.4) is 0 Å². The average Bonchev–Trinajstić information content (AvgIpc) is 2.17. The van der Waals surface area contributed by atoms with Crippen LogP contribution in [-0.2, 0) is 9.47 Å². The maximum Gasteiger partial charge on any atom is 0.0704 e. The first-order valence-electron chi connectivity index (χ1n) is 5.25. The van der Waals surface area contributed by atoms with Crippen LogP contribution < -0.4 is 5.32 Å². The normalized spacial score (nSPS) is 13.2. The summed E-state index contributed by atoms with van der Waals surface area (Å²) in [6, 6.07) is 0. The first-order valence-corrected chi connectivity index (χ1v) is 5.25. The fraction of sp³-hybridized carbons (Fsp3) is 1.00. The minimum Gasteiger partial charge on any atom is -0.379 e. The lowest BCUT2D eigenvalue weighted by atomic mass is 10.3. The lowest BCUT2D eigenvalue weighted by molar-refractivity contribution is 0.00674. The molecule has 1 unspecified atom stereocenters. The molecule has 0 aromatic rings. The van der Waals surface area contributed by atoms with Crippen LogP contribution in [0.1, 0.15) is 27.2 Å². The standard InChI is InChI=1S/C10H23NO2/c1-4-10(9-11-5-2)13-8-7-12-6-3/h10-11H,4-9H2,1-3H3. The zero-order valence-electron chi connectivity index (χ0n) is 9.14. The van der Waals surface area contributed by atoms with E-state index in [1.165, 1.54) is 0 Å². The summed E-state index contributed by atoms with van der Waals surface area (Å²) in [5.41, 5.74) is 0. The van der Waals surface area contributed by atoms with Gasteiger partial charge in [0.2, 0.25) is 0 Å². The summed E-state index contributed by atoms with van der Waals surface area (Å²) >= 11 is 0. The van der Waals surface area contributed by atoms with Crippen LogP contribution in [0, 0.1) is 0 Å². The summed E-state index contributed by atoms with van der Waals surface area (Å²) in [5, 5.41) is 3.27. The Morgan fingerprint density at radius 2 is 1.92 bits per heavy atom. The fourth-order valence-corrected chi connectivity index (χ4v) is 1.04. The third kappa shape index (κ3) is 8.22. The van der Waals surface area contributed by atoms with Crippen molar-refractivity contribution in [1.82, 2.24) is 5.32 Å². The van der Waals surface area contributed by atoms with E-state index in [1.54, 1.807) is 0 Å². The summed E-state index contributed by atoms with van der Waals surface area (Å²) in [7, 11) is 0. The van der Waals surface area contributed by atoms with Crippen LogP contribution >= 0.6 is 0 Å². The van der Waals surface area contributed by atoms with Gasteiger partial charge >= 0.3 is 0 Å². The van der Waals surface area contributed by atoms with Crippen molar-refractivity contribution in [3.63, 3.8) is 0 Å². The van der Waals surface area contributed by atoms with Gasteiger partial charge in [0.25, 0.3) is 0 Å². The smallest absolute Gasteiger partial charge is 0.0704 e. The van der Waals surface area contributed by atoms with Crippen molar-refractivity contribution >= 4 is 0 Å². The maximum absolute atomic E-state index is 5.61. The molecule has 0 amide bonds. The highest BCUT2D eigenvalue weighted by Gasteiger charge is 2.04. The summed E-state index contributed by atoms with van der Waals surface area (Å²) in [4.78, 5) is 0. The average molecular weight is 189 g/mol. The van der Waals surface area contributed by atoms with Gasteiger partial charge in [-0.25, -0.2) is 0 Å². The number of likely N-dealkylation sites (N-methyl/N-ethyl adjacent to an activating group) is 1. The van der Waals surface area contributed by atoms with Crippen LogP contribution in [0.2, 0.25) is 0 Å². The van der Waals surface area contributed by atoms with Gasteiger partial charge in [0, 0.05) is 13.2 Å². The van der Waals surface area contributed by atoms with Crippen molar-refractivity contribution in [3.05, 3.63) is 0 Å². The van der Waals surface area contributed by atoms with Gasteiger partial charge in [0.15, 0.2) is 0 Å². The van der Waals surface area contributed by atoms with E-state index in [9.17, 15) is 0 Å². The lowest BCUT2D eigenvalue weighted by Gasteiger charge is -2.16. The highest BCUT2D eigenvalue weighted by atomic mass is 16.5. The maximum atomic E-state index is 5.61. The molecule has 80 valence electrons. The molecule has 0 bridgehead atoms. The van der Waals surface area contributed by atoms with E-state index >= 15 is 0 Å².